The number of carbonyl (C=O) groups is 4. The molecular formula is C27H43N3O7. The second kappa shape index (κ2) is 13.9. The van der Waals surface area contributed by atoms with Crippen molar-refractivity contribution in [2.45, 2.75) is 92.0 Å². The Morgan fingerprint density at radius 1 is 1.05 bits per heavy atom. The highest BCUT2D eigenvalue weighted by Gasteiger charge is 2.37. The summed E-state index contributed by atoms with van der Waals surface area (Å²) in [5.74, 6) is -1.32. The highest BCUT2D eigenvalue weighted by molar-refractivity contribution is 5.93. The van der Waals surface area contributed by atoms with Gasteiger partial charge in [0, 0.05) is 6.04 Å². The number of phenols is 1. The van der Waals surface area contributed by atoms with E-state index in [4.69, 9.17) is 4.74 Å². The second-order valence-corrected chi connectivity index (χ2v) is 10.7. The number of aromatic hydroxyl groups is 1. The Morgan fingerprint density at radius 3 is 2.19 bits per heavy atom. The molecule has 3 atom stereocenters. The Morgan fingerprint density at radius 2 is 1.68 bits per heavy atom. The fourth-order valence-electron chi connectivity index (χ4n) is 3.70. The van der Waals surface area contributed by atoms with Crippen LogP contribution in [-0.4, -0.2) is 65.2 Å². The number of esters is 1. The molecule has 10 nitrogen and oxygen atoms in total. The molecule has 0 aliphatic heterocycles. The van der Waals surface area contributed by atoms with E-state index in [1.165, 1.54) is 25.0 Å². The maximum Gasteiger partial charge on any atom is 0.408 e. The van der Waals surface area contributed by atoms with E-state index in [9.17, 15) is 24.3 Å². The number of methoxy groups -OCH3 is 1. The van der Waals surface area contributed by atoms with Crippen LogP contribution in [0.25, 0.3) is 0 Å². The van der Waals surface area contributed by atoms with Crippen molar-refractivity contribution >= 4 is 23.9 Å². The average Bonchev–Trinajstić information content (AvgIpc) is 2.79. The van der Waals surface area contributed by atoms with Gasteiger partial charge < -0.3 is 30.1 Å². The van der Waals surface area contributed by atoms with Crippen molar-refractivity contribution < 1.29 is 33.8 Å². The SMILES string of the molecule is COC(=O)CNC(=O)C(c1ccc(O)c(C)c1)N(C(=O)C(C)NC(=O)OC(C)(C)C)C(C)CCC(C)C. The third kappa shape index (κ3) is 10.3. The zero-order valence-electron chi connectivity index (χ0n) is 23.5. The number of hydrogen-bond acceptors (Lipinski definition) is 7. The summed E-state index contributed by atoms with van der Waals surface area (Å²) in [6.45, 7) is 14.0. The first-order chi connectivity index (χ1) is 17.1. The monoisotopic (exact) mass is 521 g/mol. The van der Waals surface area contributed by atoms with E-state index in [0.717, 1.165) is 6.42 Å². The number of benzene rings is 1. The third-order valence-electron chi connectivity index (χ3n) is 5.69. The average molecular weight is 522 g/mol. The lowest BCUT2D eigenvalue weighted by molar-refractivity contribution is -0.146. The van der Waals surface area contributed by atoms with Crippen LogP contribution in [0.2, 0.25) is 0 Å². The summed E-state index contributed by atoms with van der Waals surface area (Å²) >= 11 is 0. The van der Waals surface area contributed by atoms with Crippen molar-refractivity contribution in [1.29, 1.82) is 0 Å². The summed E-state index contributed by atoms with van der Waals surface area (Å²) in [5, 5.41) is 15.2. The van der Waals surface area contributed by atoms with Gasteiger partial charge >= 0.3 is 12.1 Å². The van der Waals surface area contributed by atoms with E-state index < -0.39 is 47.6 Å². The van der Waals surface area contributed by atoms with Gasteiger partial charge in [-0.3, -0.25) is 14.4 Å². The molecule has 0 spiro atoms. The Kier molecular flexibility index (Phi) is 11.9. The number of ether oxygens (including phenoxy) is 2. The van der Waals surface area contributed by atoms with Crippen molar-refractivity contribution in [3.05, 3.63) is 29.3 Å². The van der Waals surface area contributed by atoms with E-state index in [1.807, 2.05) is 6.92 Å². The standard InChI is InChI=1S/C27H43N3O7/c1-16(2)10-11-18(4)30(25(34)19(5)29-26(35)37-27(6,7)8)23(24(33)28-15-22(32)36-9)20-12-13-21(31)17(3)14-20/h12-14,16,18-19,23,31H,10-11,15H2,1-9H3,(H,28,33)(H,29,35). The van der Waals surface area contributed by atoms with Crippen LogP contribution in [0.3, 0.4) is 0 Å². The molecule has 37 heavy (non-hydrogen) atoms. The van der Waals surface area contributed by atoms with Gasteiger partial charge in [0.15, 0.2) is 0 Å². The van der Waals surface area contributed by atoms with Gasteiger partial charge in [-0.1, -0.05) is 19.9 Å². The molecule has 0 saturated carbocycles. The minimum absolute atomic E-state index is 0.0446. The molecule has 3 unspecified atom stereocenters. The summed E-state index contributed by atoms with van der Waals surface area (Å²) in [6.07, 6.45) is 0.639. The first-order valence-corrected chi connectivity index (χ1v) is 12.5. The van der Waals surface area contributed by atoms with Gasteiger partial charge in [-0.05, 0) is 83.6 Å². The molecule has 3 amide bonds. The zero-order valence-corrected chi connectivity index (χ0v) is 23.5. The molecular weight excluding hydrogens is 478 g/mol. The fourth-order valence-corrected chi connectivity index (χ4v) is 3.70. The lowest BCUT2D eigenvalue weighted by atomic mass is 9.96. The number of alkyl carbamates (subject to hydrolysis) is 1. The zero-order chi connectivity index (χ0) is 28.5. The maximum atomic E-state index is 13.8. The van der Waals surface area contributed by atoms with Gasteiger partial charge in [0.1, 0.15) is 30.0 Å². The number of phenolic OH excluding ortho intramolecular Hbond substituents is 1. The Bertz CT molecular complexity index is 956. The largest absolute Gasteiger partial charge is 0.508 e. The van der Waals surface area contributed by atoms with E-state index in [2.05, 4.69) is 29.2 Å². The van der Waals surface area contributed by atoms with E-state index >= 15 is 0 Å². The minimum atomic E-state index is -1.14. The molecule has 1 aromatic rings. The van der Waals surface area contributed by atoms with Crippen LogP contribution in [0.4, 0.5) is 4.79 Å². The molecule has 0 aliphatic rings. The number of nitrogens with zero attached hydrogens (tertiary/aromatic N) is 1. The fraction of sp³-hybridized carbons (Fsp3) is 0.630. The summed E-state index contributed by atoms with van der Waals surface area (Å²) < 4.78 is 9.93. The number of aryl methyl sites for hydroxylation is 1. The van der Waals surface area contributed by atoms with Gasteiger partial charge in [0.2, 0.25) is 11.8 Å². The van der Waals surface area contributed by atoms with Crippen LogP contribution in [-0.2, 0) is 23.9 Å². The number of hydrogen-bond donors (Lipinski definition) is 3. The molecule has 0 bridgehead atoms. The molecule has 208 valence electrons. The minimum Gasteiger partial charge on any atom is -0.508 e. The molecule has 0 aromatic heterocycles. The number of nitrogens with one attached hydrogen (secondary N) is 2. The lowest BCUT2D eigenvalue weighted by Crippen LogP contribution is -2.55. The summed E-state index contributed by atoms with van der Waals surface area (Å²) in [4.78, 5) is 52.9. The van der Waals surface area contributed by atoms with Gasteiger partial charge in [0.05, 0.1) is 7.11 Å². The van der Waals surface area contributed by atoms with Crippen LogP contribution in [0, 0.1) is 12.8 Å². The van der Waals surface area contributed by atoms with Crippen LogP contribution in [0.15, 0.2) is 18.2 Å². The molecule has 0 saturated heterocycles. The number of amides is 3. The summed E-state index contributed by atoms with van der Waals surface area (Å²) in [7, 11) is 1.21. The van der Waals surface area contributed by atoms with Crippen LogP contribution in [0.5, 0.6) is 5.75 Å². The second-order valence-electron chi connectivity index (χ2n) is 10.7. The molecule has 0 aliphatic carbocycles. The predicted octanol–water partition coefficient (Wildman–Crippen LogP) is 3.60. The van der Waals surface area contributed by atoms with Crippen LogP contribution >= 0.6 is 0 Å². The van der Waals surface area contributed by atoms with Crippen molar-refractivity contribution in [3.63, 3.8) is 0 Å². The predicted molar refractivity (Wildman–Crippen MR) is 140 cm³/mol. The normalized spacial score (nSPS) is 13.8. The first kappa shape index (κ1) is 31.7. The van der Waals surface area contributed by atoms with E-state index in [-0.39, 0.29) is 12.3 Å². The maximum absolute atomic E-state index is 13.8. The van der Waals surface area contributed by atoms with E-state index in [0.29, 0.717) is 23.5 Å². The van der Waals surface area contributed by atoms with Gasteiger partial charge in [-0.2, -0.15) is 0 Å². The molecule has 0 radical (unpaired) electrons. The summed E-state index contributed by atoms with van der Waals surface area (Å²) in [6, 6.07) is 2.09. The smallest absolute Gasteiger partial charge is 0.408 e. The van der Waals surface area contributed by atoms with Crippen LogP contribution in [0.1, 0.15) is 78.5 Å². The van der Waals surface area contributed by atoms with E-state index in [1.54, 1.807) is 39.8 Å². The number of carbonyl (C=O) groups excluding carboxylic acids is 4. The third-order valence-corrected chi connectivity index (χ3v) is 5.69. The molecule has 3 N–H and O–H groups in total. The molecule has 10 heteroatoms. The first-order valence-electron chi connectivity index (χ1n) is 12.5. The molecule has 0 heterocycles. The summed E-state index contributed by atoms with van der Waals surface area (Å²) in [5.41, 5.74) is 0.217. The quantitative estimate of drug-likeness (QED) is 0.379. The Balaban J connectivity index is 3.50. The van der Waals surface area contributed by atoms with Crippen molar-refractivity contribution in [2.75, 3.05) is 13.7 Å². The van der Waals surface area contributed by atoms with Crippen LogP contribution < -0.4 is 10.6 Å². The van der Waals surface area contributed by atoms with Gasteiger partial charge in [-0.15, -0.1) is 0 Å². The molecule has 1 aromatic carbocycles. The number of rotatable bonds is 11. The van der Waals surface area contributed by atoms with Gasteiger partial charge in [0.25, 0.3) is 0 Å². The van der Waals surface area contributed by atoms with Crippen molar-refractivity contribution in [3.8, 4) is 5.75 Å². The topological polar surface area (TPSA) is 134 Å². The van der Waals surface area contributed by atoms with Crippen molar-refractivity contribution in [1.82, 2.24) is 15.5 Å². The highest BCUT2D eigenvalue weighted by Crippen LogP contribution is 2.30. The highest BCUT2D eigenvalue weighted by atomic mass is 16.6. The Hall–Kier alpha value is -3.30. The molecule has 1 rings (SSSR count). The van der Waals surface area contributed by atoms with Crippen molar-refractivity contribution in [2.24, 2.45) is 5.92 Å². The molecule has 0 fully saturated rings. The lowest BCUT2D eigenvalue weighted by Gasteiger charge is -2.38. The van der Waals surface area contributed by atoms with Gasteiger partial charge in [-0.25, -0.2) is 4.79 Å². The Labute approximate surface area is 220 Å².